The first-order valence-electron chi connectivity index (χ1n) is 10.9. The highest BCUT2D eigenvalue weighted by Crippen LogP contribution is 2.54. The Morgan fingerprint density at radius 3 is 2.47 bits per heavy atom. The van der Waals surface area contributed by atoms with Crippen molar-refractivity contribution in [3.63, 3.8) is 0 Å². The summed E-state index contributed by atoms with van der Waals surface area (Å²) in [5.41, 5.74) is 0.414. The first kappa shape index (κ1) is 20.9. The van der Waals surface area contributed by atoms with Crippen LogP contribution in [0, 0.1) is 11.3 Å². The Morgan fingerprint density at radius 1 is 1.13 bits per heavy atom. The lowest BCUT2D eigenvalue weighted by molar-refractivity contribution is -0.0232. The second-order valence-electron chi connectivity index (χ2n) is 9.30. The molecule has 0 bridgehead atoms. The topological polar surface area (TPSA) is 90.9 Å². The number of carbonyl (C=O) groups is 2. The lowest BCUT2D eigenvalue weighted by Gasteiger charge is -2.52. The van der Waals surface area contributed by atoms with Gasteiger partial charge in [0.05, 0.1) is 26.1 Å². The predicted octanol–water partition coefficient (Wildman–Crippen LogP) is 3.60. The van der Waals surface area contributed by atoms with Crippen LogP contribution in [-0.4, -0.2) is 59.3 Å². The molecule has 3 fully saturated rings. The van der Waals surface area contributed by atoms with Crippen LogP contribution in [0.1, 0.15) is 68.8 Å². The minimum absolute atomic E-state index is 0.124. The van der Waals surface area contributed by atoms with Crippen molar-refractivity contribution in [3.8, 4) is 5.88 Å². The van der Waals surface area contributed by atoms with Crippen LogP contribution in [0.4, 0.5) is 4.79 Å². The third-order valence-corrected chi connectivity index (χ3v) is 6.84. The van der Waals surface area contributed by atoms with Crippen molar-refractivity contribution in [3.05, 3.63) is 18.1 Å². The van der Waals surface area contributed by atoms with Crippen molar-refractivity contribution in [2.24, 2.45) is 11.3 Å². The SMILES string of the molecule is COC(=O)c1cnc(OCCCC2CC3(CCN(C(=O)OC4(C)CC4)CC3)C2)cn1. The zero-order valence-corrected chi connectivity index (χ0v) is 17.9. The highest BCUT2D eigenvalue weighted by Gasteiger charge is 2.47. The van der Waals surface area contributed by atoms with Gasteiger partial charge in [0.15, 0.2) is 5.69 Å². The molecule has 1 aliphatic heterocycles. The number of likely N-dealkylation sites (tertiary alicyclic amines) is 1. The van der Waals surface area contributed by atoms with Crippen molar-refractivity contribution < 1.29 is 23.8 Å². The summed E-state index contributed by atoms with van der Waals surface area (Å²) >= 11 is 0. The number of ether oxygens (including phenoxy) is 3. The van der Waals surface area contributed by atoms with E-state index in [9.17, 15) is 9.59 Å². The molecule has 164 valence electrons. The van der Waals surface area contributed by atoms with Crippen LogP contribution in [0.15, 0.2) is 12.4 Å². The Hall–Kier alpha value is -2.38. The Balaban J connectivity index is 1.10. The van der Waals surface area contributed by atoms with E-state index < -0.39 is 5.97 Å². The van der Waals surface area contributed by atoms with Crippen LogP contribution in [-0.2, 0) is 9.47 Å². The fourth-order valence-corrected chi connectivity index (χ4v) is 4.64. The molecule has 1 saturated heterocycles. The van der Waals surface area contributed by atoms with Gasteiger partial charge in [0.1, 0.15) is 5.60 Å². The van der Waals surface area contributed by atoms with Gasteiger partial charge in [-0.1, -0.05) is 0 Å². The number of amides is 1. The van der Waals surface area contributed by atoms with Gasteiger partial charge >= 0.3 is 12.1 Å². The summed E-state index contributed by atoms with van der Waals surface area (Å²) in [4.78, 5) is 33.6. The first-order chi connectivity index (χ1) is 14.4. The van der Waals surface area contributed by atoms with E-state index in [-0.39, 0.29) is 17.4 Å². The first-order valence-corrected chi connectivity index (χ1v) is 10.9. The number of nitrogens with zero attached hydrogens (tertiary/aromatic N) is 3. The van der Waals surface area contributed by atoms with Gasteiger partial charge in [-0.05, 0) is 69.6 Å². The summed E-state index contributed by atoms with van der Waals surface area (Å²) in [7, 11) is 1.31. The van der Waals surface area contributed by atoms with Crippen molar-refractivity contribution in [2.75, 3.05) is 26.8 Å². The molecule has 1 aromatic rings. The molecule has 0 unspecified atom stereocenters. The van der Waals surface area contributed by atoms with Gasteiger partial charge in [0.2, 0.25) is 5.88 Å². The van der Waals surface area contributed by atoms with Crippen LogP contribution < -0.4 is 4.74 Å². The third-order valence-electron chi connectivity index (χ3n) is 6.84. The molecule has 1 spiro atoms. The molecule has 30 heavy (non-hydrogen) atoms. The number of rotatable bonds is 7. The normalized spacial score (nSPS) is 21.6. The fourth-order valence-electron chi connectivity index (χ4n) is 4.64. The molecule has 3 aliphatic rings. The van der Waals surface area contributed by atoms with Gasteiger partial charge in [-0.15, -0.1) is 0 Å². The predicted molar refractivity (Wildman–Crippen MR) is 108 cm³/mol. The molecule has 8 heteroatoms. The standard InChI is InChI=1S/C22H31N3O5/c1-21(5-6-21)30-20(27)25-9-7-22(8-10-25)12-16(13-22)4-3-11-29-18-15-23-17(14-24-18)19(26)28-2/h14-16H,3-13H2,1-2H3. The van der Waals surface area contributed by atoms with Gasteiger partial charge in [-0.2, -0.15) is 0 Å². The van der Waals surface area contributed by atoms with Gasteiger partial charge in [-0.25, -0.2) is 19.6 Å². The molecule has 1 aromatic heterocycles. The molecule has 1 amide bonds. The average Bonchev–Trinajstić information content (AvgIpc) is 3.46. The summed E-state index contributed by atoms with van der Waals surface area (Å²) < 4.78 is 15.8. The van der Waals surface area contributed by atoms with Crippen LogP contribution in [0.3, 0.4) is 0 Å². The van der Waals surface area contributed by atoms with E-state index >= 15 is 0 Å². The van der Waals surface area contributed by atoms with E-state index in [2.05, 4.69) is 14.7 Å². The van der Waals surface area contributed by atoms with Crippen molar-refractivity contribution in [1.29, 1.82) is 0 Å². The molecule has 0 N–H and O–H groups in total. The van der Waals surface area contributed by atoms with Crippen molar-refractivity contribution >= 4 is 12.1 Å². The van der Waals surface area contributed by atoms with Crippen LogP contribution in [0.2, 0.25) is 0 Å². The number of hydrogen-bond donors (Lipinski definition) is 0. The van der Waals surface area contributed by atoms with Gasteiger partial charge in [0, 0.05) is 13.1 Å². The van der Waals surface area contributed by atoms with Crippen LogP contribution >= 0.6 is 0 Å². The van der Waals surface area contributed by atoms with Crippen LogP contribution in [0.25, 0.3) is 0 Å². The van der Waals surface area contributed by atoms with E-state index in [1.807, 2.05) is 11.8 Å². The lowest BCUT2D eigenvalue weighted by Crippen LogP contribution is -2.49. The summed E-state index contributed by atoms with van der Waals surface area (Å²) in [6, 6.07) is 0. The monoisotopic (exact) mass is 417 g/mol. The Kier molecular flexibility index (Phi) is 5.84. The molecule has 2 aliphatic carbocycles. The highest BCUT2D eigenvalue weighted by molar-refractivity contribution is 5.86. The van der Waals surface area contributed by atoms with Gasteiger partial charge in [-0.3, -0.25) is 0 Å². The molecule has 2 heterocycles. The number of aromatic nitrogens is 2. The van der Waals surface area contributed by atoms with E-state index in [1.54, 1.807) is 0 Å². The molecule has 4 rings (SSSR count). The average molecular weight is 418 g/mol. The Bertz CT molecular complexity index is 761. The fraction of sp³-hybridized carbons (Fsp3) is 0.727. The number of methoxy groups -OCH3 is 1. The largest absolute Gasteiger partial charge is 0.477 e. The second-order valence-corrected chi connectivity index (χ2v) is 9.30. The van der Waals surface area contributed by atoms with Crippen molar-refractivity contribution in [2.45, 2.75) is 63.9 Å². The summed E-state index contributed by atoms with van der Waals surface area (Å²) in [5.74, 6) is 0.658. The minimum Gasteiger partial charge on any atom is -0.477 e. The number of hydrogen-bond acceptors (Lipinski definition) is 7. The summed E-state index contributed by atoms with van der Waals surface area (Å²) in [6.07, 6.45) is 11.5. The summed E-state index contributed by atoms with van der Waals surface area (Å²) in [6.45, 7) is 4.25. The molecule has 8 nitrogen and oxygen atoms in total. The molecule has 0 atom stereocenters. The molecule has 2 saturated carbocycles. The second kappa shape index (κ2) is 8.40. The zero-order valence-electron chi connectivity index (χ0n) is 17.9. The quantitative estimate of drug-likeness (QED) is 0.494. The van der Waals surface area contributed by atoms with E-state index in [0.717, 1.165) is 57.5 Å². The molecule has 0 aromatic carbocycles. The number of piperidine rings is 1. The smallest absolute Gasteiger partial charge is 0.410 e. The molecular formula is C22H31N3O5. The summed E-state index contributed by atoms with van der Waals surface area (Å²) in [5, 5.41) is 0. The van der Waals surface area contributed by atoms with E-state index in [1.165, 1.54) is 32.3 Å². The zero-order chi connectivity index (χ0) is 21.2. The minimum atomic E-state index is -0.507. The number of esters is 1. The maximum Gasteiger partial charge on any atom is 0.410 e. The van der Waals surface area contributed by atoms with Gasteiger partial charge < -0.3 is 19.1 Å². The lowest BCUT2D eigenvalue weighted by atomic mass is 9.56. The molecular weight excluding hydrogens is 386 g/mol. The maximum absolute atomic E-state index is 12.3. The third kappa shape index (κ3) is 4.84. The van der Waals surface area contributed by atoms with Crippen molar-refractivity contribution in [1.82, 2.24) is 14.9 Å². The molecule has 0 radical (unpaired) electrons. The Morgan fingerprint density at radius 2 is 1.87 bits per heavy atom. The van der Waals surface area contributed by atoms with Crippen LogP contribution in [0.5, 0.6) is 5.88 Å². The highest BCUT2D eigenvalue weighted by atomic mass is 16.6. The van der Waals surface area contributed by atoms with Gasteiger partial charge in [0.25, 0.3) is 0 Å². The van der Waals surface area contributed by atoms with E-state index in [0.29, 0.717) is 17.9 Å². The Labute approximate surface area is 177 Å². The number of carbonyl (C=O) groups excluding carboxylic acids is 2. The maximum atomic E-state index is 12.3. The van der Waals surface area contributed by atoms with E-state index in [4.69, 9.17) is 9.47 Å².